The van der Waals surface area contributed by atoms with Crippen LogP contribution in [0.1, 0.15) is 0 Å². The van der Waals surface area contributed by atoms with E-state index >= 15 is 0 Å². The molecule has 22 heavy (non-hydrogen) atoms. The molecule has 1 atom stereocenters. The lowest BCUT2D eigenvalue weighted by Gasteiger charge is -2.26. The van der Waals surface area contributed by atoms with Gasteiger partial charge in [0.2, 0.25) is 5.91 Å². The van der Waals surface area contributed by atoms with Crippen LogP contribution in [0.15, 0.2) is 29.2 Å². The molecule has 4 nitrogen and oxygen atoms in total. The number of benzene rings is 1. The van der Waals surface area contributed by atoms with Crippen molar-refractivity contribution in [1.29, 1.82) is 0 Å². The monoisotopic (exact) mass is 353 g/mol. The molecule has 1 N–H and O–H groups in total. The minimum atomic E-state index is -4.32. The van der Waals surface area contributed by atoms with Crippen molar-refractivity contribution in [2.45, 2.75) is 16.4 Å². The van der Waals surface area contributed by atoms with Crippen LogP contribution in [0.5, 0.6) is 0 Å². The molecule has 0 aromatic heterocycles. The van der Waals surface area contributed by atoms with E-state index in [1.165, 1.54) is 12.1 Å². The average molecular weight is 354 g/mol. The molecule has 122 valence electrons. The fourth-order valence-corrected chi connectivity index (χ4v) is 3.24. The molecule has 9 heteroatoms. The summed E-state index contributed by atoms with van der Waals surface area (Å²) >= 11 is -0.164. The fraction of sp³-hybridized carbons (Fsp3) is 0.462. The maximum atomic E-state index is 12.4. The van der Waals surface area contributed by atoms with Crippen molar-refractivity contribution in [3.8, 4) is 0 Å². The summed E-state index contributed by atoms with van der Waals surface area (Å²) in [5.74, 6) is -0.0589. The van der Waals surface area contributed by atoms with Gasteiger partial charge in [0.15, 0.2) is 0 Å². The van der Waals surface area contributed by atoms with E-state index in [0.29, 0.717) is 18.9 Å². The molecule has 2 aliphatic rings. The maximum absolute atomic E-state index is 12.4. The second-order valence-electron chi connectivity index (χ2n) is 4.99. The molecule has 2 aliphatic heterocycles. The normalized spacial score (nSPS) is 22.4. The van der Waals surface area contributed by atoms with Gasteiger partial charge in [0, 0.05) is 30.2 Å². The number of amides is 1. The average Bonchev–Trinajstić information content (AvgIpc) is 2.75. The summed E-state index contributed by atoms with van der Waals surface area (Å²) in [6.07, 6.45) is 0. The van der Waals surface area contributed by atoms with Crippen molar-refractivity contribution in [1.82, 2.24) is 10.2 Å². The number of thioether (sulfide) groups is 1. The highest BCUT2D eigenvalue weighted by molar-refractivity contribution is 8.00. The lowest BCUT2D eigenvalue weighted by molar-refractivity contribution is -0.120. The molecule has 0 bridgehead atoms. The molecule has 2 heterocycles. The van der Waals surface area contributed by atoms with Crippen LogP contribution in [-0.2, 0) is 4.79 Å². The Hall–Kier alpha value is -0.960. The number of anilines is 1. The minimum Gasteiger partial charge on any atom is -0.313 e. The first-order valence-electron chi connectivity index (χ1n) is 6.56. The molecule has 1 unspecified atom stereocenters. The van der Waals surface area contributed by atoms with E-state index in [4.69, 9.17) is 0 Å². The van der Waals surface area contributed by atoms with Gasteiger partial charge in [-0.05, 0) is 30.0 Å². The fourth-order valence-electron chi connectivity index (χ4n) is 2.65. The second-order valence-corrected chi connectivity index (χ2v) is 6.12. The summed E-state index contributed by atoms with van der Waals surface area (Å²) in [6.45, 7) is 2.61. The van der Waals surface area contributed by atoms with Gasteiger partial charge < -0.3 is 5.32 Å². The lowest BCUT2D eigenvalue weighted by Crippen LogP contribution is -2.50. The van der Waals surface area contributed by atoms with Gasteiger partial charge in [-0.2, -0.15) is 13.2 Å². The summed E-state index contributed by atoms with van der Waals surface area (Å²) in [6, 6.07) is 5.83. The highest BCUT2D eigenvalue weighted by atomic mass is 35.5. The van der Waals surface area contributed by atoms with Crippen molar-refractivity contribution in [2.24, 2.45) is 0 Å². The predicted octanol–water partition coefficient (Wildman–Crippen LogP) is 2.30. The summed E-state index contributed by atoms with van der Waals surface area (Å²) in [7, 11) is 0. The van der Waals surface area contributed by atoms with Crippen molar-refractivity contribution in [3.63, 3.8) is 0 Å². The molecule has 2 saturated heterocycles. The number of nitrogens with one attached hydrogen (secondary N) is 1. The Morgan fingerprint density at radius 3 is 2.77 bits per heavy atom. The summed E-state index contributed by atoms with van der Waals surface area (Å²) in [5, 5.41) is 3.16. The lowest BCUT2D eigenvalue weighted by atomic mass is 10.2. The van der Waals surface area contributed by atoms with E-state index in [0.717, 1.165) is 13.1 Å². The first-order chi connectivity index (χ1) is 9.94. The van der Waals surface area contributed by atoms with E-state index in [-0.39, 0.29) is 41.0 Å². The smallest absolute Gasteiger partial charge is 0.313 e. The van der Waals surface area contributed by atoms with E-state index in [2.05, 4.69) is 5.32 Å². The number of hydrogen-bond acceptors (Lipinski definition) is 4. The number of fused-ring (bicyclic) bond motifs is 1. The zero-order valence-corrected chi connectivity index (χ0v) is 13.1. The van der Waals surface area contributed by atoms with Crippen LogP contribution in [0.25, 0.3) is 0 Å². The van der Waals surface area contributed by atoms with E-state index in [9.17, 15) is 18.0 Å². The quantitative estimate of drug-likeness (QED) is 0.828. The number of piperazine rings is 1. The number of nitrogens with zero attached hydrogens (tertiary/aromatic N) is 2. The second kappa shape index (κ2) is 6.66. The van der Waals surface area contributed by atoms with Crippen LogP contribution in [0.3, 0.4) is 0 Å². The minimum absolute atomic E-state index is 0. The van der Waals surface area contributed by atoms with Crippen LogP contribution >= 0.6 is 24.2 Å². The SMILES string of the molecule is Cl.O=C1C2CNCCN2CN1c1cccc(SC(F)(F)F)c1. The van der Waals surface area contributed by atoms with Crippen LogP contribution < -0.4 is 10.2 Å². The number of carbonyl (C=O) groups is 1. The molecule has 0 spiro atoms. The van der Waals surface area contributed by atoms with Gasteiger partial charge in [-0.15, -0.1) is 12.4 Å². The van der Waals surface area contributed by atoms with Gasteiger partial charge in [0.25, 0.3) is 0 Å². The number of alkyl halides is 3. The van der Waals surface area contributed by atoms with E-state index in [1.54, 1.807) is 17.0 Å². The van der Waals surface area contributed by atoms with Gasteiger partial charge >= 0.3 is 5.51 Å². The van der Waals surface area contributed by atoms with Crippen LogP contribution in [0, 0.1) is 0 Å². The van der Waals surface area contributed by atoms with Crippen LogP contribution in [-0.4, -0.2) is 48.7 Å². The first-order valence-corrected chi connectivity index (χ1v) is 7.38. The molecule has 0 radical (unpaired) electrons. The highest BCUT2D eigenvalue weighted by Gasteiger charge is 2.40. The third-order valence-corrected chi connectivity index (χ3v) is 4.31. The summed E-state index contributed by atoms with van der Waals surface area (Å²) in [5.41, 5.74) is -3.81. The van der Waals surface area contributed by atoms with Crippen LogP contribution in [0.2, 0.25) is 0 Å². The van der Waals surface area contributed by atoms with Crippen molar-refractivity contribution >= 4 is 35.8 Å². The third-order valence-electron chi connectivity index (χ3n) is 3.59. The molecule has 3 rings (SSSR count). The van der Waals surface area contributed by atoms with Crippen LogP contribution in [0.4, 0.5) is 18.9 Å². The van der Waals surface area contributed by atoms with Crippen molar-refractivity contribution in [3.05, 3.63) is 24.3 Å². The Bertz CT molecular complexity index is 558. The number of carbonyl (C=O) groups excluding carboxylic acids is 1. The molecule has 1 amide bonds. The Morgan fingerprint density at radius 1 is 1.32 bits per heavy atom. The van der Waals surface area contributed by atoms with Gasteiger partial charge in [0.1, 0.15) is 6.04 Å². The van der Waals surface area contributed by atoms with Gasteiger partial charge in [-0.3, -0.25) is 14.6 Å². The molecule has 0 aliphatic carbocycles. The third kappa shape index (κ3) is 3.68. The van der Waals surface area contributed by atoms with Gasteiger partial charge in [-0.25, -0.2) is 0 Å². The molecular formula is C13H15ClF3N3OS. The highest BCUT2D eigenvalue weighted by Crippen LogP contribution is 2.38. The predicted molar refractivity (Wildman–Crippen MR) is 81.3 cm³/mol. The Kier molecular flexibility index (Phi) is 5.26. The topological polar surface area (TPSA) is 35.6 Å². The first kappa shape index (κ1) is 17.4. The summed E-state index contributed by atoms with van der Waals surface area (Å²) in [4.78, 5) is 16.0. The van der Waals surface area contributed by atoms with E-state index in [1.807, 2.05) is 4.90 Å². The standard InChI is InChI=1S/C13H14F3N3OS.ClH/c14-13(15,16)21-10-3-1-2-9(6-10)19-8-18-5-4-17-7-11(18)12(19)20;/h1-3,6,11,17H,4-5,7-8H2;1H. The Labute approximate surface area is 136 Å². The molecule has 0 saturated carbocycles. The number of rotatable bonds is 2. The Morgan fingerprint density at radius 2 is 2.09 bits per heavy atom. The zero-order valence-electron chi connectivity index (χ0n) is 11.5. The van der Waals surface area contributed by atoms with Crippen molar-refractivity contribution in [2.75, 3.05) is 31.2 Å². The van der Waals surface area contributed by atoms with E-state index < -0.39 is 5.51 Å². The zero-order chi connectivity index (χ0) is 15.0. The molecular weight excluding hydrogens is 339 g/mol. The van der Waals surface area contributed by atoms with Gasteiger partial charge in [-0.1, -0.05) is 6.07 Å². The maximum Gasteiger partial charge on any atom is 0.446 e. The number of halogens is 4. The largest absolute Gasteiger partial charge is 0.446 e. The number of hydrogen-bond donors (Lipinski definition) is 1. The Balaban J connectivity index is 0.00000176. The summed E-state index contributed by atoms with van der Waals surface area (Å²) < 4.78 is 37.3. The molecule has 1 aromatic rings. The molecule has 2 fully saturated rings. The molecule has 1 aromatic carbocycles. The van der Waals surface area contributed by atoms with Crippen molar-refractivity contribution < 1.29 is 18.0 Å². The van der Waals surface area contributed by atoms with Gasteiger partial charge in [0.05, 0.1) is 6.67 Å².